The summed E-state index contributed by atoms with van der Waals surface area (Å²) in [4.78, 5) is 18.5. The molecular weight excluding hydrogens is 334 g/mol. The first kappa shape index (κ1) is 17.0. The Balaban J connectivity index is 1.28. The average molecular weight is 357 g/mol. The summed E-state index contributed by atoms with van der Waals surface area (Å²) in [5.41, 5.74) is 0.869. The van der Waals surface area contributed by atoms with Crippen LogP contribution in [0.1, 0.15) is 35.5 Å². The zero-order valence-electron chi connectivity index (χ0n) is 14.9. The van der Waals surface area contributed by atoms with Gasteiger partial charge in [0, 0.05) is 31.4 Å². The second-order valence-corrected chi connectivity index (χ2v) is 7.24. The fourth-order valence-corrected chi connectivity index (χ4v) is 3.77. The standard InChI is InChI=1S/C19H23N3O4/c1-14-10-16(26-21-14)18(23)22-8-5-19(6-9-22)11-15(25-13-19)12-24-17-4-2-3-7-20-17/h2-4,7,10,15H,5-6,8-9,11-13H2,1H3/t15-/m0/s1. The number of aromatic nitrogens is 2. The molecule has 1 amide bonds. The molecular formula is C19H23N3O4. The largest absolute Gasteiger partial charge is 0.475 e. The molecule has 4 rings (SSSR count). The number of piperidine rings is 1. The molecule has 0 radical (unpaired) electrons. The van der Waals surface area contributed by atoms with Gasteiger partial charge >= 0.3 is 0 Å². The van der Waals surface area contributed by atoms with Gasteiger partial charge in [0.25, 0.3) is 5.91 Å². The number of pyridine rings is 1. The molecule has 2 aliphatic heterocycles. The number of amides is 1. The first-order valence-corrected chi connectivity index (χ1v) is 9.02. The Kier molecular flexibility index (Phi) is 4.63. The molecule has 7 nitrogen and oxygen atoms in total. The third kappa shape index (κ3) is 3.58. The highest BCUT2D eigenvalue weighted by atomic mass is 16.5. The molecule has 4 heterocycles. The number of aryl methyl sites for hydroxylation is 1. The number of hydrogen-bond donors (Lipinski definition) is 0. The number of hydrogen-bond acceptors (Lipinski definition) is 6. The zero-order chi connectivity index (χ0) is 18.0. The molecule has 2 saturated heterocycles. The van der Waals surface area contributed by atoms with E-state index >= 15 is 0 Å². The summed E-state index contributed by atoms with van der Waals surface area (Å²) in [6, 6.07) is 7.31. The molecule has 7 heteroatoms. The Labute approximate surface area is 152 Å². The third-order valence-corrected chi connectivity index (χ3v) is 5.29. The molecule has 26 heavy (non-hydrogen) atoms. The number of nitrogens with zero attached hydrogens (tertiary/aromatic N) is 3. The van der Waals surface area contributed by atoms with Crippen molar-refractivity contribution in [2.45, 2.75) is 32.3 Å². The second-order valence-electron chi connectivity index (χ2n) is 7.24. The van der Waals surface area contributed by atoms with Gasteiger partial charge in [0.2, 0.25) is 11.6 Å². The first-order valence-electron chi connectivity index (χ1n) is 9.02. The average Bonchev–Trinajstić information content (AvgIpc) is 3.28. The molecule has 2 aliphatic rings. The monoisotopic (exact) mass is 357 g/mol. The molecule has 138 valence electrons. The Morgan fingerprint density at radius 3 is 2.92 bits per heavy atom. The lowest BCUT2D eigenvalue weighted by molar-refractivity contribution is 0.0406. The van der Waals surface area contributed by atoms with Crippen molar-refractivity contribution in [3.05, 3.63) is 41.9 Å². The Bertz CT molecular complexity index is 753. The van der Waals surface area contributed by atoms with Crippen molar-refractivity contribution in [2.24, 2.45) is 5.41 Å². The molecule has 0 aliphatic carbocycles. The summed E-state index contributed by atoms with van der Waals surface area (Å²) in [7, 11) is 0. The molecule has 2 aromatic rings. The van der Waals surface area contributed by atoms with Gasteiger partial charge in [-0.05, 0) is 37.7 Å². The van der Waals surface area contributed by atoms with Gasteiger partial charge in [0.05, 0.1) is 18.4 Å². The van der Waals surface area contributed by atoms with E-state index in [4.69, 9.17) is 14.0 Å². The summed E-state index contributed by atoms with van der Waals surface area (Å²) in [6.07, 6.45) is 4.63. The predicted molar refractivity (Wildman–Crippen MR) is 92.9 cm³/mol. The lowest BCUT2D eigenvalue weighted by Gasteiger charge is -2.38. The van der Waals surface area contributed by atoms with Crippen LogP contribution in [0.4, 0.5) is 0 Å². The molecule has 0 aromatic carbocycles. The van der Waals surface area contributed by atoms with E-state index in [1.807, 2.05) is 30.0 Å². The predicted octanol–water partition coefficient (Wildman–Crippen LogP) is 2.47. The first-order chi connectivity index (χ1) is 12.6. The molecule has 0 unspecified atom stereocenters. The van der Waals surface area contributed by atoms with E-state index in [9.17, 15) is 4.79 Å². The van der Waals surface area contributed by atoms with Gasteiger partial charge in [0.1, 0.15) is 6.61 Å². The molecule has 0 bridgehead atoms. The normalized spacial score (nSPS) is 21.9. The van der Waals surface area contributed by atoms with Crippen molar-refractivity contribution in [1.29, 1.82) is 0 Å². The highest BCUT2D eigenvalue weighted by Gasteiger charge is 2.43. The van der Waals surface area contributed by atoms with E-state index in [1.54, 1.807) is 12.3 Å². The zero-order valence-corrected chi connectivity index (χ0v) is 14.9. The highest BCUT2D eigenvalue weighted by Crippen LogP contribution is 2.42. The van der Waals surface area contributed by atoms with Crippen LogP contribution in [0.25, 0.3) is 0 Å². The van der Waals surface area contributed by atoms with Crippen LogP contribution >= 0.6 is 0 Å². The van der Waals surface area contributed by atoms with Crippen LogP contribution in [0.5, 0.6) is 5.88 Å². The summed E-state index contributed by atoms with van der Waals surface area (Å²) in [5.74, 6) is 0.872. The van der Waals surface area contributed by atoms with E-state index in [0.29, 0.717) is 18.2 Å². The van der Waals surface area contributed by atoms with Crippen molar-refractivity contribution in [2.75, 3.05) is 26.3 Å². The van der Waals surface area contributed by atoms with E-state index in [1.165, 1.54) is 0 Å². The molecule has 0 N–H and O–H groups in total. The Morgan fingerprint density at radius 1 is 1.38 bits per heavy atom. The van der Waals surface area contributed by atoms with Crippen molar-refractivity contribution in [3.8, 4) is 5.88 Å². The number of rotatable bonds is 4. The fourth-order valence-electron chi connectivity index (χ4n) is 3.77. The molecule has 1 atom stereocenters. The van der Waals surface area contributed by atoms with Crippen LogP contribution in [-0.4, -0.2) is 53.4 Å². The Hall–Kier alpha value is -2.41. The van der Waals surface area contributed by atoms with Gasteiger partial charge < -0.3 is 18.9 Å². The van der Waals surface area contributed by atoms with E-state index < -0.39 is 0 Å². The smallest absolute Gasteiger partial charge is 0.292 e. The number of carbonyl (C=O) groups is 1. The van der Waals surface area contributed by atoms with Gasteiger partial charge in [0.15, 0.2) is 0 Å². The molecule has 2 aromatic heterocycles. The lowest BCUT2D eigenvalue weighted by Crippen LogP contribution is -2.43. The number of likely N-dealkylation sites (tertiary alicyclic amines) is 1. The van der Waals surface area contributed by atoms with Crippen molar-refractivity contribution >= 4 is 5.91 Å². The quantitative estimate of drug-likeness (QED) is 0.836. The number of ether oxygens (including phenoxy) is 2. The van der Waals surface area contributed by atoms with Gasteiger partial charge in [-0.25, -0.2) is 4.98 Å². The van der Waals surface area contributed by atoms with E-state index in [0.717, 1.165) is 44.7 Å². The third-order valence-electron chi connectivity index (χ3n) is 5.29. The fraction of sp³-hybridized carbons (Fsp3) is 0.526. The van der Waals surface area contributed by atoms with Crippen LogP contribution < -0.4 is 4.74 Å². The Morgan fingerprint density at radius 2 is 2.23 bits per heavy atom. The van der Waals surface area contributed by atoms with Crippen molar-refractivity contribution in [3.63, 3.8) is 0 Å². The van der Waals surface area contributed by atoms with Crippen LogP contribution in [-0.2, 0) is 4.74 Å². The van der Waals surface area contributed by atoms with E-state index in [2.05, 4.69) is 10.1 Å². The summed E-state index contributed by atoms with van der Waals surface area (Å²) in [6.45, 7) is 4.49. The maximum absolute atomic E-state index is 12.5. The SMILES string of the molecule is Cc1cc(C(=O)N2CCC3(CC2)CO[C@H](COc2ccccn2)C3)on1. The summed E-state index contributed by atoms with van der Waals surface area (Å²) < 4.78 is 16.8. The minimum Gasteiger partial charge on any atom is -0.475 e. The van der Waals surface area contributed by atoms with Gasteiger partial charge in [-0.1, -0.05) is 11.2 Å². The maximum atomic E-state index is 12.5. The summed E-state index contributed by atoms with van der Waals surface area (Å²) >= 11 is 0. The van der Waals surface area contributed by atoms with Gasteiger partial charge in [-0.3, -0.25) is 4.79 Å². The van der Waals surface area contributed by atoms with Gasteiger partial charge in [-0.2, -0.15) is 0 Å². The van der Waals surface area contributed by atoms with Crippen LogP contribution in [0, 0.1) is 12.3 Å². The van der Waals surface area contributed by atoms with Crippen molar-refractivity contribution in [1.82, 2.24) is 15.0 Å². The summed E-state index contributed by atoms with van der Waals surface area (Å²) in [5, 5.41) is 3.80. The van der Waals surface area contributed by atoms with Crippen molar-refractivity contribution < 1.29 is 18.8 Å². The topological polar surface area (TPSA) is 77.7 Å². The minimum atomic E-state index is -0.0746. The van der Waals surface area contributed by atoms with Crippen LogP contribution in [0.15, 0.2) is 35.0 Å². The van der Waals surface area contributed by atoms with Gasteiger partial charge in [-0.15, -0.1) is 0 Å². The molecule has 0 saturated carbocycles. The maximum Gasteiger partial charge on any atom is 0.292 e. The van der Waals surface area contributed by atoms with Crippen LogP contribution in [0.2, 0.25) is 0 Å². The van der Waals surface area contributed by atoms with Crippen LogP contribution in [0.3, 0.4) is 0 Å². The minimum absolute atomic E-state index is 0.0746. The van der Waals surface area contributed by atoms with E-state index in [-0.39, 0.29) is 17.4 Å². The number of carbonyl (C=O) groups excluding carboxylic acids is 1. The lowest BCUT2D eigenvalue weighted by atomic mass is 9.76. The molecule has 1 spiro atoms. The second kappa shape index (κ2) is 7.07. The highest BCUT2D eigenvalue weighted by molar-refractivity contribution is 5.91. The molecule has 2 fully saturated rings.